The lowest BCUT2D eigenvalue weighted by atomic mass is 10.0. The van der Waals surface area contributed by atoms with Crippen LogP contribution in [0.5, 0.6) is 0 Å². The van der Waals surface area contributed by atoms with Crippen molar-refractivity contribution in [2.24, 2.45) is 0 Å². The molecular formula is C8H9ClN2. The lowest BCUT2D eigenvalue weighted by Gasteiger charge is -2.26. The summed E-state index contributed by atoms with van der Waals surface area (Å²) in [6.45, 7) is 1.11. The first kappa shape index (κ1) is 7.07. The van der Waals surface area contributed by atoms with Crippen LogP contribution in [0, 0.1) is 0 Å². The molecule has 1 aromatic rings. The second-order valence-electron chi connectivity index (χ2n) is 2.70. The van der Waals surface area contributed by atoms with Gasteiger partial charge in [0, 0.05) is 6.20 Å². The molecule has 0 aromatic carbocycles. The number of hydrogen-bond donors (Lipinski definition) is 1. The quantitative estimate of drug-likeness (QED) is 0.692. The average Bonchev–Trinajstić information content (AvgIpc) is 1.90. The first-order valence-electron chi connectivity index (χ1n) is 3.71. The lowest BCUT2D eigenvalue weighted by Crippen LogP contribution is -2.35. The van der Waals surface area contributed by atoms with Gasteiger partial charge in [-0.3, -0.25) is 4.98 Å². The first-order valence-corrected chi connectivity index (χ1v) is 4.09. The number of rotatable bonds is 1. The van der Waals surface area contributed by atoms with E-state index in [0.717, 1.165) is 12.2 Å². The van der Waals surface area contributed by atoms with Gasteiger partial charge in [-0.2, -0.15) is 0 Å². The fourth-order valence-electron chi connectivity index (χ4n) is 1.13. The van der Waals surface area contributed by atoms with E-state index in [-0.39, 0.29) is 0 Å². The summed E-state index contributed by atoms with van der Waals surface area (Å²) < 4.78 is 0. The molecule has 1 N–H and O–H groups in total. The maximum Gasteiger partial charge on any atom is 0.0589 e. The minimum Gasteiger partial charge on any atom is -0.309 e. The highest BCUT2D eigenvalue weighted by molar-refractivity contribution is 6.30. The summed E-state index contributed by atoms with van der Waals surface area (Å²) in [5, 5.41) is 3.98. The third-order valence-electron chi connectivity index (χ3n) is 1.93. The highest BCUT2D eigenvalue weighted by Gasteiger charge is 2.18. The average molecular weight is 169 g/mol. The molecule has 1 fully saturated rings. The predicted octanol–water partition coefficient (Wildman–Crippen LogP) is 1.77. The fourth-order valence-corrected chi connectivity index (χ4v) is 1.25. The van der Waals surface area contributed by atoms with Crippen molar-refractivity contribution in [2.75, 3.05) is 6.54 Å². The predicted molar refractivity (Wildman–Crippen MR) is 44.6 cm³/mol. The van der Waals surface area contributed by atoms with Crippen molar-refractivity contribution >= 4 is 11.6 Å². The normalized spacial score (nSPS) is 22.8. The van der Waals surface area contributed by atoms with E-state index in [1.165, 1.54) is 6.42 Å². The SMILES string of the molecule is Clc1ccc(C2CCN2)nc1. The highest BCUT2D eigenvalue weighted by Crippen LogP contribution is 2.21. The maximum atomic E-state index is 5.69. The molecule has 0 bridgehead atoms. The third-order valence-corrected chi connectivity index (χ3v) is 2.15. The van der Waals surface area contributed by atoms with Crippen LogP contribution >= 0.6 is 11.6 Å². The van der Waals surface area contributed by atoms with Crippen LogP contribution in [0.3, 0.4) is 0 Å². The molecular weight excluding hydrogens is 160 g/mol. The summed E-state index contributed by atoms with van der Waals surface area (Å²) in [5.74, 6) is 0. The molecule has 0 spiro atoms. The van der Waals surface area contributed by atoms with Gasteiger partial charge in [0.2, 0.25) is 0 Å². The molecule has 1 unspecified atom stereocenters. The van der Waals surface area contributed by atoms with Gasteiger partial charge in [0.15, 0.2) is 0 Å². The monoisotopic (exact) mass is 168 g/mol. The van der Waals surface area contributed by atoms with Crippen molar-refractivity contribution in [2.45, 2.75) is 12.5 Å². The van der Waals surface area contributed by atoms with Crippen LogP contribution in [0.25, 0.3) is 0 Å². The van der Waals surface area contributed by atoms with Crippen LogP contribution in [-0.2, 0) is 0 Å². The van der Waals surface area contributed by atoms with E-state index < -0.39 is 0 Å². The second-order valence-corrected chi connectivity index (χ2v) is 3.13. The Morgan fingerprint density at radius 1 is 1.55 bits per heavy atom. The van der Waals surface area contributed by atoms with E-state index in [4.69, 9.17) is 11.6 Å². The Kier molecular flexibility index (Phi) is 1.80. The summed E-state index contributed by atoms with van der Waals surface area (Å²) >= 11 is 5.69. The van der Waals surface area contributed by atoms with E-state index in [1.807, 2.05) is 12.1 Å². The number of nitrogens with one attached hydrogen (secondary N) is 1. The van der Waals surface area contributed by atoms with E-state index in [1.54, 1.807) is 6.20 Å². The van der Waals surface area contributed by atoms with Gasteiger partial charge in [-0.1, -0.05) is 11.6 Å². The zero-order chi connectivity index (χ0) is 7.68. The second kappa shape index (κ2) is 2.80. The van der Waals surface area contributed by atoms with Crippen LogP contribution in [-0.4, -0.2) is 11.5 Å². The van der Waals surface area contributed by atoms with Crippen LogP contribution < -0.4 is 5.32 Å². The number of aromatic nitrogens is 1. The Bertz CT molecular complexity index is 241. The van der Waals surface area contributed by atoms with Gasteiger partial charge < -0.3 is 5.32 Å². The van der Waals surface area contributed by atoms with Crippen molar-refractivity contribution in [3.8, 4) is 0 Å². The van der Waals surface area contributed by atoms with E-state index >= 15 is 0 Å². The molecule has 1 aliphatic rings. The Morgan fingerprint density at radius 3 is 2.82 bits per heavy atom. The summed E-state index contributed by atoms with van der Waals surface area (Å²) in [4.78, 5) is 4.21. The van der Waals surface area contributed by atoms with E-state index in [0.29, 0.717) is 11.1 Å². The molecule has 58 valence electrons. The summed E-state index contributed by atoms with van der Waals surface area (Å²) in [5.41, 5.74) is 1.10. The van der Waals surface area contributed by atoms with Gasteiger partial charge in [-0.15, -0.1) is 0 Å². The summed E-state index contributed by atoms with van der Waals surface area (Å²) in [6.07, 6.45) is 2.88. The van der Waals surface area contributed by atoms with Gasteiger partial charge in [-0.25, -0.2) is 0 Å². The minimum absolute atomic E-state index is 0.465. The minimum atomic E-state index is 0.465. The molecule has 11 heavy (non-hydrogen) atoms. The van der Waals surface area contributed by atoms with Crippen molar-refractivity contribution < 1.29 is 0 Å². The maximum absolute atomic E-state index is 5.69. The summed E-state index contributed by atoms with van der Waals surface area (Å²) in [6, 6.07) is 4.32. The van der Waals surface area contributed by atoms with Crippen molar-refractivity contribution in [3.63, 3.8) is 0 Å². The van der Waals surface area contributed by atoms with Crippen LogP contribution in [0.4, 0.5) is 0 Å². The molecule has 3 heteroatoms. The fraction of sp³-hybridized carbons (Fsp3) is 0.375. The number of nitrogens with zero attached hydrogens (tertiary/aromatic N) is 1. The zero-order valence-corrected chi connectivity index (χ0v) is 6.80. The van der Waals surface area contributed by atoms with Crippen molar-refractivity contribution in [1.82, 2.24) is 10.3 Å². The Balaban J connectivity index is 2.18. The number of hydrogen-bond acceptors (Lipinski definition) is 2. The van der Waals surface area contributed by atoms with Gasteiger partial charge in [0.05, 0.1) is 16.8 Å². The molecule has 1 aromatic heterocycles. The van der Waals surface area contributed by atoms with Gasteiger partial charge >= 0.3 is 0 Å². The zero-order valence-electron chi connectivity index (χ0n) is 6.05. The molecule has 2 heterocycles. The Morgan fingerprint density at radius 2 is 2.36 bits per heavy atom. The molecule has 0 radical (unpaired) electrons. The largest absolute Gasteiger partial charge is 0.309 e. The smallest absolute Gasteiger partial charge is 0.0589 e. The van der Waals surface area contributed by atoms with Crippen LogP contribution in [0.15, 0.2) is 18.3 Å². The first-order chi connectivity index (χ1) is 5.36. The van der Waals surface area contributed by atoms with Crippen LogP contribution in [0.1, 0.15) is 18.2 Å². The lowest BCUT2D eigenvalue weighted by molar-refractivity contribution is 0.375. The van der Waals surface area contributed by atoms with E-state index in [2.05, 4.69) is 10.3 Å². The molecule has 1 aliphatic heterocycles. The van der Waals surface area contributed by atoms with Crippen molar-refractivity contribution in [3.05, 3.63) is 29.0 Å². The molecule has 2 rings (SSSR count). The molecule has 0 aliphatic carbocycles. The number of halogens is 1. The van der Waals surface area contributed by atoms with E-state index in [9.17, 15) is 0 Å². The molecule has 0 saturated carbocycles. The van der Waals surface area contributed by atoms with Crippen LogP contribution in [0.2, 0.25) is 5.02 Å². The summed E-state index contributed by atoms with van der Waals surface area (Å²) in [7, 11) is 0. The standard InChI is InChI=1S/C8H9ClN2/c9-6-1-2-7(11-5-6)8-3-4-10-8/h1-2,5,8,10H,3-4H2. The highest BCUT2D eigenvalue weighted by atomic mass is 35.5. The molecule has 1 saturated heterocycles. The third kappa shape index (κ3) is 1.37. The molecule has 2 nitrogen and oxygen atoms in total. The van der Waals surface area contributed by atoms with Gasteiger partial charge in [-0.05, 0) is 25.1 Å². The van der Waals surface area contributed by atoms with Gasteiger partial charge in [0.25, 0.3) is 0 Å². The topological polar surface area (TPSA) is 24.9 Å². The Labute approximate surface area is 70.6 Å². The van der Waals surface area contributed by atoms with Gasteiger partial charge in [0.1, 0.15) is 0 Å². The van der Waals surface area contributed by atoms with Crippen molar-refractivity contribution in [1.29, 1.82) is 0 Å². The molecule has 1 atom stereocenters. The molecule has 0 amide bonds. The Hall–Kier alpha value is -0.600. The number of pyridine rings is 1.